The van der Waals surface area contributed by atoms with E-state index in [4.69, 9.17) is 4.42 Å². The molecular formula is C13H9F3O2. The summed E-state index contributed by atoms with van der Waals surface area (Å²) in [6.07, 6.45) is -3.60. The molecule has 1 aromatic carbocycles. The number of furan rings is 1. The number of aldehydes is 1. The van der Waals surface area contributed by atoms with E-state index in [1.807, 2.05) is 0 Å². The van der Waals surface area contributed by atoms with E-state index in [0.717, 1.165) is 12.1 Å². The van der Waals surface area contributed by atoms with Gasteiger partial charge in [0.25, 0.3) is 0 Å². The predicted molar refractivity (Wildman–Crippen MR) is 58.9 cm³/mol. The van der Waals surface area contributed by atoms with Gasteiger partial charge in [0.1, 0.15) is 17.8 Å². The van der Waals surface area contributed by atoms with Crippen LogP contribution in [0.3, 0.4) is 0 Å². The van der Waals surface area contributed by atoms with Crippen molar-refractivity contribution in [2.75, 3.05) is 0 Å². The van der Waals surface area contributed by atoms with Gasteiger partial charge in [-0.3, -0.25) is 0 Å². The highest BCUT2D eigenvalue weighted by molar-refractivity contribution is 5.60. The maximum atomic E-state index is 12.5. The van der Waals surface area contributed by atoms with Crippen molar-refractivity contribution in [3.8, 4) is 11.3 Å². The first-order valence-corrected chi connectivity index (χ1v) is 5.20. The minimum atomic E-state index is -4.38. The molecule has 0 saturated carbocycles. The molecule has 0 radical (unpaired) electrons. The molecule has 0 saturated heterocycles. The molecule has 2 nitrogen and oxygen atoms in total. The van der Waals surface area contributed by atoms with Crippen LogP contribution in [0.4, 0.5) is 13.2 Å². The Morgan fingerprint density at radius 3 is 2.61 bits per heavy atom. The molecule has 0 spiro atoms. The van der Waals surface area contributed by atoms with Crippen LogP contribution in [-0.2, 0) is 17.4 Å². The van der Waals surface area contributed by atoms with E-state index in [1.54, 1.807) is 12.1 Å². The van der Waals surface area contributed by atoms with Gasteiger partial charge in [0.05, 0.1) is 12.0 Å². The molecule has 0 aliphatic rings. The third-order valence-electron chi connectivity index (χ3n) is 2.42. The van der Waals surface area contributed by atoms with Crippen molar-refractivity contribution in [2.24, 2.45) is 0 Å². The second-order valence-electron chi connectivity index (χ2n) is 3.72. The van der Waals surface area contributed by atoms with Crippen LogP contribution in [0.1, 0.15) is 11.3 Å². The number of carbonyl (C=O) groups excluding carboxylic acids is 1. The lowest BCUT2D eigenvalue weighted by molar-refractivity contribution is -0.137. The average Bonchev–Trinajstić information content (AvgIpc) is 2.77. The fourth-order valence-electron chi connectivity index (χ4n) is 1.57. The number of halogens is 3. The highest BCUT2D eigenvalue weighted by Crippen LogP contribution is 2.32. The Labute approximate surface area is 101 Å². The van der Waals surface area contributed by atoms with Gasteiger partial charge in [-0.2, -0.15) is 13.2 Å². The minimum absolute atomic E-state index is 0.110. The van der Waals surface area contributed by atoms with Gasteiger partial charge >= 0.3 is 6.18 Å². The zero-order chi connectivity index (χ0) is 13.2. The van der Waals surface area contributed by atoms with Gasteiger partial charge in [0, 0.05) is 5.56 Å². The summed E-state index contributed by atoms with van der Waals surface area (Å²) in [6.45, 7) is 0. The SMILES string of the molecule is O=CCc1ccc(-c2cccc(C(F)(F)F)c2)o1. The van der Waals surface area contributed by atoms with Gasteiger partial charge in [0.2, 0.25) is 0 Å². The molecule has 2 rings (SSSR count). The minimum Gasteiger partial charge on any atom is -0.461 e. The molecule has 94 valence electrons. The van der Waals surface area contributed by atoms with E-state index in [1.165, 1.54) is 12.1 Å². The molecule has 18 heavy (non-hydrogen) atoms. The predicted octanol–water partition coefficient (Wildman–Crippen LogP) is 3.71. The molecular weight excluding hydrogens is 245 g/mol. The normalized spacial score (nSPS) is 11.5. The van der Waals surface area contributed by atoms with Crippen LogP contribution >= 0.6 is 0 Å². The van der Waals surface area contributed by atoms with Crippen LogP contribution in [0, 0.1) is 0 Å². The summed E-state index contributed by atoms with van der Waals surface area (Å²) < 4.78 is 42.9. The third-order valence-corrected chi connectivity index (χ3v) is 2.42. The average molecular weight is 254 g/mol. The topological polar surface area (TPSA) is 30.2 Å². The molecule has 0 aliphatic heterocycles. The molecule has 0 unspecified atom stereocenters. The van der Waals surface area contributed by atoms with Gasteiger partial charge in [-0.25, -0.2) is 0 Å². The van der Waals surface area contributed by atoms with Crippen molar-refractivity contribution in [1.82, 2.24) is 0 Å². The van der Waals surface area contributed by atoms with Gasteiger partial charge in [-0.05, 0) is 24.3 Å². The lowest BCUT2D eigenvalue weighted by atomic mass is 10.1. The molecule has 0 N–H and O–H groups in total. The molecule has 1 heterocycles. The fraction of sp³-hybridized carbons (Fsp3) is 0.154. The summed E-state index contributed by atoms with van der Waals surface area (Å²) in [5.74, 6) is 0.746. The van der Waals surface area contributed by atoms with Crippen molar-refractivity contribution in [3.05, 3.63) is 47.7 Å². The lowest BCUT2D eigenvalue weighted by Gasteiger charge is -2.07. The Morgan fingerprint density at radius 1 is 1.17 bits per heavy atom. The van der Waals surface area contributed by atoms with Crippen molar-refractivity contribution in [1.29, 1.82) is 0 Å². The quantitative estimate of drug-likeness (QED) is 0.781. The van der Waals surface area contributed by atoms with Crippen LogP contribution in [0.2, 0.25) is 0 Å². The highest BCUT2D eigenvalue weighted by Gasteiger charge is 2.30. The zero-order valence-corrected chi connectivity index (χ0v) is 9.20. The maximum Gasteiger partial charge on any atom is 0.416 e. The van der Waals surface area contributed by atoms with Crippen LogP contribution in [0.15, 0.2) is 40.8 Å². The molecule has 0 atom stereocenters. The summed E-state index contributed by atoms with van der Waals surface area (Å²) in [7, 11) is 0. The van der Waals surface area contributed by atoms with Crippen LogP contribution in [-0.4, -0.2) is 6.29 Å². The Bertz CT molecular complexity index is 555. The largest absolute Gasteiger partial charge is 0.461 e. The number of hydrogen-bond donors (Lipinski definition) is 0. The van der Waals surface area contributed by atoms with Crippen molar-refractivity contribution in [2.45, 2.75) is 12.6 Å². The number of hydrogen-bond acceptors (Lipinski definition) is 2. The van der Waals surface area contributed by atoms with Gasteiger partial charge in [0.15, 0.2) is 0 Å². The lowest BCUT2D eigenvalue weighted by Crippen LogP contribution is -2.04. The zero-order valence-electron chi connectivity index (χ0n) is 9.20. The summed E-state index contributed by atoms with van der Waals surface area (Å²) in [6, 6.07) is 7.99. The Hall–Kier alpha value is -2.04. The highest BCUT2D eigenvalue weighted by atomic mass is 19.4. The smallest absolute Gasteiger partial charge is 0.416 e. The Morgan fingerprint density at radius 2 is 1.94 bits per heavy atom. The second kappa shape index (κ2) is 4.68. The van der Waals surface area contributed by atoms with Crippen molar-refractivity contribution in [3.63, 3.8) is 0 Å². The summed E-state index contributed by atoms with van der Waals surface area (Å²) in [4.78, 5) is 10.3. The van der Waals surface area contributed by atoms with E-state index in [-0.39, 0.29) is 6.42 Å². The molecule has 0 bridgehead atoms. The number of benzene rings is 1. The van der Waals surface area contributed by atoms with Gasteiger partial charge < -0.3 is 9.21 Å². The number of rotatable bonds is 3. The number of alkyl halides is 3. The van der Waals surface area contributed by atoms with E-state index in [2.05, 4.69) is 0 Å². The van der Waals surface area contributed by atoms with Gasteiger partial charge in [-0.1, -0.05) is 12.1 Å². The van der Waals surface area contributed by atoms with Crippen molar-refractivity contribution < 1.29 is 22.4 Å². The molecule has 0 amide bonds. The first-order valence-electron chi connectivity index (χ1n) is 5.20. The molecule has 0 aliphatic carbocycles. The Kier molecular flexibility index (Phi) is 3.23. The molecule has 5 heteroatoms. The molecule has 1 aromatic heterocycles. The first-order chi connectivity index (χ1) is 8.50. The molecule has 2 aromatic rings. The van der Waals surface area contributed by atoms with E-state index < -0.39 is 11.7 Å². The Balaban J connectivity index is 2.35. The summed E-state index contributed by atoms with van der Waals surface area (Å²) in [5.41, 5.74) is -0.393. The summed E-state index contributed by atoms with van der Waals surface area (Å²) >= 11 is 0. The van der Waals surface area contributed by atoms with E-state index in [0.29, 0.717) is 23.4 Å². The monoisotopic (exact) mass is 254 g/mol. The molecule has 0 fully saturated rings. The van der Waals surface area contributed by atoms with Crippen LogP contribution in [0.25, 0.3) is 11.3 Å². The van der Waals surface area contributed by atoms with E-state index in [9.17, 15) is 18.0 Å². The van der Waals surface area contributed by atoms with Crippen molar-refractivity contribution >= 4 is 6.29 Å². The van der Waals surface area contributed by atoms with E-state index >= 15 is 0 Å². The summed E-state index contributed by atoms with van der Waals surface area (Å²) in [5, 5.41) is 0. The third kappa shape index (κ3) is 2.61. The number of carbonyl (C=O) groups is 1. The van der Waals surface area contributed by atoms with Crippen LogP contribution in [0.5, 0.6) is 0 Å². The first kappa shape index (κ1) is 12.4. The van der Waals surface area contributed by atoms with Gasteiger partial charge in [-0.15, -0.1) is 0 Å². The standard InChI is InChI=1S/C13H9F3O2/c14-13(15,16)10-3-1-2-9(8-10)12-5-4-11(18-12)6-7-17/h1-5,7-8H,6H2. The van der Waals surface area contributed by atoms with Crippen LogP contribution < -0.4 is 0 Å². The fourth-order valence-corrected chi connectivity index (χ4v) is 1.57. The second-order valence-corrected chi connectivity index (χ2v) is 3.72. The maximum absolute atomic E-state index is 12.5.